The molecule has 0 fully saturated rings. The fourth-order valence-electron chi connectivity index (χ4n) is 2.28. The zero-order chi connectivity index (χ0) is 11.5. The molecule has 0 saturated carbocycles. The predicted octanol–water partition coefficient (Wildman–Crippen LogP) is 4.72. The van der Waals surface area contributed by atoms with E-state index in [1.54, 1.807) is 0 Å². The lowest BCUT2D eigenvalue weighted by molar-refractivity contribution is 0.515. The van der Waals surface area contributed by atoms with Crippen molar-refractivity contribution in [3.05, 3.63) is 30.5 Å². The van der Waals surface area contributed by atoms with Gasteiger partial charge in [-0.2, -0.15) is 0 Å². The zero-order valence-corrected chi connectivity index (χ0v) is 11.1. The van der Waals surface area contributed by atoms with Gasteiger partial charge in [-0.15, -0.1) is 11.8 Å². The molecule has 0 aliphatic heterocycles. The first-order chi connectivity index (χ1) is 7.77. The Balaban J connectivity index is 2.48. The van der Waals surface area contributed by atoms with Crippen LogP contribution in [0.3, 0.4) is 0 Å². The molecule has 0 amide bonds. The molecule has 16 heavy (non-hydrogen) atoms. The van der Waals surface area contributed by atoms with Gasteiger partial charge in [-0.3, -0.25) is 0 Å². The molecule has 1 aromatic heterocycles. The topological polar surface area (TPSA) is 4.93 Å². The fraction of sp³-hybridized carbons (Fsp3) is 0.429. The first-order valence-corrected chi connectivity index (χ1v) is 7.14. The van der Waals surface area contributed by atoms with Crippen molar-refractivity contribution in [2.75, 3.05) is 6.26 Å². The molecule has 1 heterocycles. The largest absolute Gasteiger partial charge is 0.345 e. The average Bonchev–Trinajstić information content (AvgIpc) is 2.72. The summed E-state index contributed by atoms with van der Waals surface area (Å²) in [5.74, 6) is 0. The van der Waals surface area contributed by atoms with Crippen molar-refractivity contribution in [3.63, 3.8) is 0 Å². The molecule has 2 aromatic rings. The van der Waals surface area contributed by atoms with Gasteiger partial charge >= 0.3 is 0 Å². The third-order valence-corrected chi connectivity index (χ3v) is 3.92. The van der Waals surface area contributed by atoms with Gasteiger partial charge in [0.15, 0.2) is 0 Å². The van der Waals surface area contributed by atoms with Crippen LogP contribution in [0.15, 0.2) is 35.4 Å². The minimum Gasteiger partial charge on any atom is -0.345 e. The van der Waals surface area contributed by atoms with E-state index in [9.17, 15) is 0 Å². The van der Waals surface area contributed by atoms with Gasteiger partial charge < -0.3 is 4.57 Å². The highest BCUT2D eigenvalue weighted by Gasteiger charge is 2.09. The molecule has 0 N–H and O–H groups in total. The number of fused-ring (bicyclic) bond motifs is 1. The van der Waals surface area contributed by atoms with Crippen LogP contribution in [0.1, 0.15) is 32.7 Å². The number of aromatic nitrogens is 1. The molecule has 2 heteroatoms. The zero-order valence-electron chi connectivity index (χ0n) is 10.2. The Morgan fingerprint density at radius 1 is 1.31 bits per heavy atom. The summed E-state index contributed by atoms with van der Waals surface area (Å²) in [6.45, 7) is 4.55. The Morgan fingerprint density at radius 2 is 2.12 bits per heavy atom. The van der Waals surface area contributed by atoms with E-state index in [0.29, 0.717) is 6.04 Å². The van der Waals surface area contributed by atoms with Crippen molar-refractivity contribution in [1.82, 2.24) is 4.57 Å². The quantitative estimate of drug-likeness (QED) is 0.691. The standard InChI is InChI=1S/C14H19NS/c1-4-6-11(2)15-10-9-12-13(15)7-5-8-14(12)16-3/h5,7-11H,4,6H2,1-3H3. The maximum atomic E-state index is 2.40. The summed E-state index contributed by atoms with van der Waals surface area (Å²) >= 11 is 1.82. The molecular weight excluding hydrogens is 214 g/mol. The smallest absolute Gasteiger partial charge is 0.0494 e. The summed E-state index contributed by atoms with van der Waals surface area (Å²) in [5, 5.41) is 1.39. The van der Waals surface area contributed by atoms with Crippen LogP contribution in [0.4, 0.5) is 0 Å². The van der Waals surface area contributed by atoms with Crippen molar-refractivity contribution in [3.8, 4) is 0 Å². The Morgan fingerprint density at radius 3 is 2.81 bits per heavy atom. The third-order valence-electron chi connectivity index (χ3n) is 3.12. The maximum Gasteiger partial charge on any atom is 0.0494 e. The van der Waals surface area contributed by atoms with E-state index in [0.717, 1.165) is 0 Å². The predicted molar refractivity (Wildman–Crippen MR) is 73.3 cm³/mol. The lowest BCUT2D eigenvalue weighted by atomic mass is 10.2. The van der Waals surface area contributed by atoms with E-state index in [4.69, 9.17) is 0 Å². The second-order valence-corrected chi connectivity index (χ2v) is 5.10. The van der Waals surface area contributed by atoms with Crippen LogP contribution in [0.2, 0.25) is 0 Å². The maximum absolute atomic E-state index is 2.40. The molecule has 1 aromatic carbocycles. The molecule has 0 radical (unpaired) electrons. The molecule has 1 atom stereocenters. The van der Waals surface area contributed by atoms with Gasteiger partial charge in [-0.25, -0.2) is 0 Å². The number of rotatable bonds is 4. The van der Waals surface area contributed by atoms with Gasteiger partial charge in [0.05, 0.1) is 0 Å². The van der Waals surface area contributed by atoms with Crippen molar-refractivity contribution in [2.45, 2.75) is 37.6 Å². The Kier molecular flexibility index (Phi) is 3.59. The third kappa shape index (κ3) is 1.99. The van der Waals surface area contributed by atoms with Gasteiger partial charge in [-0.05, 0) is 37.8 Å². The molecule has 0 saturated heterocycles. The summed E-state index contributed by atoms with van der Waals surface area (Å²) in [4.78, 5) is 1.37. The number of thioether (sulfide) groups is 1. The van der Waals surface area contributed by atoms with Gasteiger partial charge in [0.2, 0.25) is 0 Å². The molecular formula is C14H19NS. The number of benzene rings is 1. The average molecular weight is 233 g/mol. The van der Waals surface area contributed by atoms with Crippen LogP contribution in [-0.2, 0) is 0 Å². The van der Waals surface area contributed by atoms with E-state index in [1.807, 2.05) is 11.8 Å². The highest BCUT2D eigenvalue weighted by molar-refractivity contribution is 7.98. The Labute approximate surface area is 102 Å². The van der Waals surface area contributed by atoms with Gasteiger partial charge in [-0.1, -0.05) is 19.4 Å². The molecule has 0 aliphatic carbocycles. The molecule has 86 valence electrons. The van der Waals surface area contributed by atoms with E-state index in [-0.39, 0.29) is 0 Å². The molecule has 0 bridgehead atoms. The highest BCUT2D eigenvalue weighted by atomic mass is 32.2. The number of hydrogen-bond acceptors (Lipinski definition) is 1. The van der Waals surface area contributed by atoms with Crippen molar-refractivity contribution < 1.29 is 0 Å². The van der Waals surface area contributed by atoms with Crippen molar-refractivity contribution in [2.24, 2.45) is 0 Å². The summed E-state index contributed by atoms with van der Waals surface area (Å²) in [7, 11) is 0. The normalized spacial score (nSPS) is 13.2. The molecule has 1 unspecified atom stereocenters. The van der Waals surface area contributed by atoms with Gasteiger partial charge in [0.25, 0.3) is 0 Å². The van der Waals surface area contributed by atoms with Crippen molar-refractivity contribution in [1.29, 1.82) is 0 Å². The van der Waals surface area contributed by atoms with Gasteiger partial charge in [0.1, 0.15) is 0 Å². The van der Waals surface area contributed by atoms with E-state index >= 15 is 0 Å². The van der Waals surface area contributed by atoms with Crippen molar-refractivity contribution >= 4 is 22.7 Å². The van der Waals surface area contributed by atoms with E-state index in [1.165, 1.54) is 28.6 Å². The van der Waals surface area contributed by atoms with Crippen LogP contribution in [0.5, 0.6) is 0 Å². The molecule has 0 aliphatic rings. The second kappa shape index (κ2) is 4.96. The van der Waals surface area contributed by atoms with Crippen LogP contribution in [0.25, 0.3) is 10.9 Å². The Bertz CT molecular complexity index is 473. The van der Waals surface area contributed by atoms with E-state index in [2.05, 4.69) is 55.1 Å². The van der Waals surface area contributed by atoms with Crippen LogP contribution in [0, 0.1) is 0 Å². The van der Waals surface area contributed by atoms with Crippen LogP contribution in [-0.4, -0.2) is 10.8 Å². The lowest BCUT2D eigenvalue weighted by Crippen LogP contribution is -2.02. The van der Waals surface area contributed by atoms with Gasteiger partial charge in [0, 0.05) is 28.0 Å². The molecule has 2 rings (SSSR count). The molecule has 0 spiro atoms. The van der Waals surface area contributed by atoms with E-state index < -0.39 is 0 Å². The Hall–Kier alpha value is -0.890. The number of nitrogens with zero attached hydrogens (tertiary/aromatic N) is 1. The summed E-state index contributed by atoms with van der Waals surface area (Å²) in [5.41, 5.74) is 1.37. The minimum atomic E-state index is 0.597. The van der Waals surface area contributed by atoms with Crippen LogP contribution >= 0.6 is 11.8 Å². The fourth-order valence-corrected chi connectivity index (χ4v) is 2.89. The highest BCUT2D eigenvalue weighted by Crippen LogP contribution is 2.29. The first kappa shape index (κ1) is 11.6. The lowest BCUT2D eigenvalue weighted by Gasteiger charge is -2.14. The molecule has 1 nitrogen and oxygen atoms in total. The SMILES string of the molecule is CCCC(C)n1ccc2c(SC)cccc21. The summed E-state index contributed by atoms with van der Waals surface area (Å²) in [6, 6.07) is 9.42. The second-order valence-electron chi connectivity index (χ2n) is 4.25. The first-order valence-electron chi connectivity index (χ1n) is 5.91. The van der Waals surface area contributed by atoms with Crippen LogP contribution < -0.4 is 0 Å². The minimum absolute atomic E-state index is 0.597. The number of hydrogen-bond donors (Lipinski definition) is 0. The summed E-state index contributed by atoms with van der Waals surface area (Å²) < 4.78 is 2.40. The monoisotopic (exact) mass is 233 g/mol. The summed E-state index contributed by atoms with van der Waals surface area (Å²) in [6.07, 6.45) is 6.85.